The highest BCUT2D eigenvalue weighted by molar-refractivity contribution is 6.00. The lowest BCUT2D eigenvalue weighted by atomic mass is 9.86. The maximum Gasteiger partial charge on any atom is 0.323 e. The molecule has 0 radical (unpaired) electrons. The van der Waals surface area contributed by atoms with Gasteiger partial charge in [-0.05, 0) is 66.3 Å². The first-order chi connectivity index (χ1) is 19.8. The van der Waals surface area contributed by atoms with Crippen LogP contribution in [0.4, 0.5) is 16.2 Å². The molecule has 3 aromatic carbocycles. The fourth-order valence-electron chi connectivity index (χ4n) is 4.97. The Morgan fingerprint density at radius 3 is 2.32 bits per heavy atom. The maximum atomic E-state index is 12.8. The van der Waals surface area contributed by atoms with E-state index in [9.17, 15) is 4.79 Å². The monoisotopic (exact) mass is 550 g/mol. The lowest BCUT2D eigenvalue weighted by Crippen LogP contribution is -2.37. The van der Waals surface area contributed by atoms with E-state index in [-0.39, 0.29) is 17.6 Å². The predicted molar refractivity (Wildman–Crippen MR) is 164 cm³/mol. The number of aromatic nitrogens is 1. The van der Waals surface area contributed by atoms with Crippen molar-refractivity contribution in [1.82, 2.24) is 9.88 Å². The lowest BCUT2D eigenvalue weighted by molar-refractivity contribution is 0.0968. The van der Waals surface area contributed by atoms with E-state index in [1.807, 2.05) is 48.5 Å². The molecule has 7 heteroatoms. The van der Waals surface area contributed by atoms with Gasteiger partial charge in [0.2, 0.25) is 5.88 Å². The Hall–Kier alpha value is -4.36. The second-order valence-corrected chi connectivity index (χ2v) is 11.4. The standard InChI is InChI=1S/C34H38N4O3/c1-34(2,3)29-12-7-8-14-31(29)41-32-30(13-9-21-35-32)37-33(39)36-26-15-17-27(18-16-26)40-28-19-22-38(23-20-28)24-25-10-5-4-6-11-25/h4-18,21,28H,19-20,22-24H2,1-3H3,(H2,36,37,39). The molecule has 41 heavy (non-hydrogen) atoms. The number of benzene rings is 3. The van der Waals surface area contributed by atoms with E-state index in [0.29, 0.717) is 23.0 Å². The van der Waals surface area contributed by atoms with Crippen LogP contribution in [-0.2, 0) is 12.0 Å². The van der Waals surface area contributed by atoms with Crippen LogP contribution in [0.1, 0.15) is 44.7 Å². The smallest absolute Gasteiger partial charge is 0.323 e. The number of urea groups is 1. The van der Waals surface area contributed by atoms with E-state index in [4.69, 9.17) is 9.47 Å². The number of carbonyl (C=O) groups is 1. The summed E-state index contributed by atoms with van der Waals surface area (Å²) in [6, 6.07) is 29.1. The van der Waals surface area contributed by atoms with Crippen molar-refractivity contribution >= 4 is 17.4 Å². The Kier molecular flexibility index (Phi) is 8.85. The number of ether oxygens (including phenoxy) is 2. The number of hydrogen-bond acceptors (Lipinski definition) is 5. The second-order valence-electron chi connectivity index (χ2n) is 11.4. The number of likely N-dealkylation sites (tertiary alicyclic amines) is 1. The summed E-state index contributed by atoms with van der Waals surface area (Å²) in [6.07, 6.45) is 3.82. The minimum absolute atomic E-state index is 0.105. The summed E-state index contributed by atoms with van der Waals surface area (Å²) >= 11 is 0. The maximum absolute atomic E-state index is 12.8. The zero-order valence-electron chi connectivity index (χ0n) is 24.0. The molecule has 2 heterocycles. The Labute approximate surface area is 242 Å². The van der Waals surface area contributed by atoms with E-state index >= 15 is 0 Å². The molecule has 0 bridgehead atoms. The predicted octanol–water partition coefficient (Wildman–Crippen LogP) is 7.86. The third-order valence-corrected chi connectivity index (χ3v) is 7.12. The molecule has 2 amide bonds. The fourth-order valence-corrected chi connectivity index (χ4v) is 4.97. The van der Waals surface area contributed by atoms with Crippen LogP contribution in [0.25, 0.3) is 0 Å². The van der Waals surface area contributed by atoms with Gasteiger partial charge in [-0.3, -0.25) is 4.90 Å². The third-order valence-electron chi connectivity index (χ3n) is 7.12. The van der Waals surface area contributed by atoms with Crippen molar-refractivity contribution in [3.63, 3.8) is 0 Å². The first-order valence-electron chi connectivity index (χ1n) is 14.2. The Bertz CT molecular complexity index is 1430. The van der Waals surface area contributed by atoms with Gasteiger partial charge in [0, 0.05) is 37.1 Å². The normalized spacial score (nSPS) is 14.3. The van der Waals surface area contributed by atoms with E-state index in [2.05, 4.69) is 71.6 Å². The number of para-hydroxylation sites is 1. The molecule has 5 rings (SSSR count). The van der Waals surface area contributed by atoms with Crippen molar-refractivity contribution in [3.05, 3.63) is 108 Å². The van der Waals surface area contributed by atoms with Crippen LogP contribution in [0.3, 0.4) is 0 Å². The average molecular weight is 551 g/mol. The van der Waals surface area contributed by atoms with Crippen LogP contribution in [0, 0.1) is 0 Å². The first kappa shape index (κ1) is 28.2. The summed E-state index contributed by atoms with van der Waals surface area (Å²) in [5, 5.41) is 5.75. The Morgan fingerprint density at radius 2 is 1.59 bits per heavy atom. The van der Waals surface area contributed by atoms with Crippen LogP contribution in [-0.4, -0.2) is 35.1 Å². The van der Waals surface area contributed by atoms with Crippen LogP contribution in [0.15, 0.2) is 97.2 Å². The summed E-state index contributed by atoms with van der Waals surface area (Å²) in [5.41, 5.74) is 3.44. The second kappa shape index (κ2) is 12.9. The van der Waals surface area contributed by atoms with Gasteiger partial charge in [0.15, 0.2) is 0 Å². The number of nitrogens with one attached hydrogen (secondary N) is 2. The van der Waals surface area contributed by atoms with Gasteiger partial charge in [-0.25, -0.2) is 9.78 Å². The number of anilines is 2. The third kappa shape index (κ3) is 7.86. The van der Waals surface area contributed by atoms with Crippen molar-refractivity contribution in [2.75, 3.05) is 23.7 Å². The molecule has 1 saturated heterocycles. The number of rotatable bonds is 8. The molecule has 2 N–H and O–H groups in total. The number of pyridine rings is 1. The van der Waals surface area contributed by atoms with Gasteiger partial charge in [-0.1, -0.05) is 69.3 Å². The van der Waals surface area contributed by atoms with Gasteiger partial charge in [0.25, 0.3) is 0 Å². The van der Waals surface area contributed by atoms with E-state index < -0.39 is 0 Å². The summed E-state index contributed by atoms with van der Waals surface area (Å²) in [6.45, 7) is 9.40. The number of piperidine rings is 1. The molecule has 0 unspecified atom stereocenters. The molecule has 7 nitrogen and oxygen atoms in total. The SMILES string of the molecule is CC(C)(C)c1ccccc1Oc1ncccc1NC(=O)Nc1ccc(OC2CCN(Cc3ccccc3)CC2)cc1. The lowest BCUT2D eigenvalue weighted by Gasteiger charge is -2.32. The molecule has 212 valence electrons. The van der Waals surface area contributed by atoms with Crippen molar-refractivity contribution in [1.29, 1.82) is 0 Å². The van der Waals surface area contributed by atoms with E-state index in [0.717, 1.165) is 43.8 Å². The highest BCUT2D eigenvalue weighted by Gasteiger charge is 2.22. The number of amides is 2. The highest BCUT2D eigenvalue weighted by Crippen LogP contribution is 2.35. The molecule has 1 aromatic heterocycles. The number of hydrogen-bond donors (Lipinski definition) is 2. The molecule has 0 atom stereocenters. The quantitative estimate of drug-likeness (QED) is 0.234. The van der Waals surface area contributed by atoms with Crippen LogP contribution < -0.4 is 20.1 Å². The van der Waals surface area contributed by atoms with Gasteiger partial charge >= 0.3 is 6.03 Å². The Balaban J connectivity index is 1.13. The summed E-state index contributed by atoms with van der Waals surface area (Å²) in [5.74, 6) is 1.84. The molecule has 1 aliphatic heterocycles. The van der Waals surface area contributed by atoms with Gasteiger partial charge in [0.1, 0.15) is 23.3 Å². The summed E-state index contributed by atoms with van der Waals surface area (Å²) < 4.78 is 12.4. The Morgan fingerprint density at radius 1 is 0.878 bits per heavy atom. The molecule has 0 saturated carbocycles. The molecule has 4 aromatic rings. The molecule has 1 fully saturated rings. The van der Waals surface area contributed by atoms with Crippen molar-refractivity contribution in [2.24, 2.45) is 0 Å². The molecular weight excluding hydrogens is 512 g/mol. The van der Waals surface area contributed by atoms with Crippen LogP contribution in [0.5, 0.6) is 17.4 Å². The molecule has 0 aliphatic carbocycles. The summed E-state index contributed by atoms with van der Waals surface area (Å²) in [7, 11) is 0. The van der Waals surface area contributed by atoms with Crippen LogP contribution >= 0.6 is 0 Å². The zero-order valence-corrected chi connectivity index (χ0v) is 24.0. The minimum atomic E-state index is -0.383. The van der Waals surface area contributed by atoms with Gasteiger partial charge in [-0.15, -0.1) is 0 Å². The van der Waals surface area contributed by atoms with Gasteiger partial charge in [0.05, 0.1) is 0 Å². The number of carbonyl (C=O) groups excluding carboxylic acids is 1. The topological polar surface area (TPSA) is 75.7 Å². The van der Waals surface area contributed by atoms with Crippen molar-refractivity contribution < 1.29 is 14.3 Å². The highest BCUT2D eigenvalue weighted by atomic mass is 16.5. The molecule has 0 spiro atoms. The first-order valence-corrected chi connectivity index (χ1v) is 14.2. The summed E-state index contributed by atoms with van der Waals surface area (Å²) in [4.78, 5) is 19.7. The zero-order chi connectivity index (χ0) is 28.7. The van der Waals surface area contributed by atoms with Crippen molar-refractivity contribution in [2.45, 2.75) is 51.7 Å². The van der Waals surface area contributed by atoms with Crippen LogP contribution in [0.2, 0.25) is 0 Å². The van der Waals surface area contributed by atoms with Gasteiger partial charge in [-0.2, -0.15) is 0 Å². The minimum Gasteiger partial charge on any atom is -0.490 e. The van der Waals surface area contributed by atoms with Gasteiger partial charge < -0.3 is 20.1 Å². The molecular formula is C34H38N4O3. The van der Waals surface area contributed by atoms with E-state index in [1.165, 1.54) is 5.56 Å². The number of nitrogens with zero attached hydrogens (tertiary/aromatic N) is 2. The van der Waals surface area contributed by atoms with Crippen molar-refractivity contribution in [3.8, 4) is 17.4 Å². The fraction of sp³-hybridized carbons (Fsp3) is 0.294. The molecule has 1 aliphatic rings. The largest absolute Gasteiger partial charge is 0.490 e. The average Bonchev–Trinajstić information content (AvgIpc) is 2.96. The van der Waals surface area contributed by atoms with E-state index in [1.54, 1.807) is 18.3 Å².